The third-order valence-electron chi connectivity index (χ3n) is 0.283. The van der Waals surface area contributed by atoms with Crippen molar-refractivity contribution in [1.29, 1.82) is 0 Å². The first kappa shape index (κ1) is 10.4. The van der Waals surface area contributed by atoms with Crippen LogP contribution in [0.15, 0.2) is 12.7 Å². The first-order chi connectivity index (χ1) is 2.81. The van der Waals surface area contributed by atoms with E-state index in [-0.39, 0.29) is 35.6 Å². The van der Waals surface area contributed by atoms with Crippen LogP contribution in [-0.2, 0) is 9.63 Å². The number of rotatable bonds is 1. The van der Waals surface area contributed by atoms with Crippen molar-refractivity contribution in [2.75, 3.05) is 0 Å². The van der Waals surface area contributed by atoms with Gasteiger partial charge in [0.15, 0.2) is 0 Å². The molecule has 0 heterocycles. The molecule has 4 heteroatoms. The van der Waals surface area contributed by atoms with E-state index in [2.05, 4.69) is 17.3 Å². The summed E-state index contributed by atoms with van der Waals surface area (Å²) in [5.41, 5.74) is 0. The van der Waals surface area contributed by atoms with Crippen LogP contribution in [0.5, 0.6) is 0 Å². The predicted octanol–water partition coefficient (Wildman–Crippen LogP) is -0.411. The van der Waals surface area contributed by atoms with Crippen molar-refractivity contribution < 1.29 is 45.2 Å². The summed E-state index contributed by atoms with van der Waals surface area (Å²) in [4.78, 5) is 13.4. The van der Waals surface area contributed by atoms with E-state index in [4.69, 9.17) is 0 Å². The Morgan fingerprint density at radius 2 is 2.29 bits per heavy atom. The Labute approximate surface area is 69.5 Å². The molecule has 0 atom stereocenters. The maximum Gasteiger partial charge on any atom is 0.348 e. The largest absolute Gasteiger partial charge is 0.370 e. The summed E-state index contributed by atoms with van der Waals surface area (Å²) in [5.74, 6) is 3.75. The fourth-order valence-corrected chi connectivity index (χ4v) is 0.0481. The Morgan fingerprint density at radius 3 is 2.29 bits per heavy atom. The monoisotopic (exact) mass is 226 g/mol. The summed E-state index contributed by atoms with van der Waals surface area (Å²) in [6.45, 7) is 3.08. The van der Waals surface area contributed by atoms with Crippen LogP contribution in [0.25, 0.3) is 0 Å². The van der Waals surface area contributed by atoms with Crippen LogP contribution in [0.4, 0.5) is 0 Å². The molecule has 0 saturated carbocycles. The number of hydrogen-bond donors (Lipinski definition) is 1. The van der Waals surface area contributed by atoms with Gasteiger partial charge in [0.25, 0.3) is 0 Å². The summed E-state index contributed by atoms with van der Waals surface area (Å²) in [5, 5.41) is 0. The minimum Gasteiger partial charge on any atom is -0.370 e. The topological polar surface area (TPSA) is 52.3 Å². The molecule has 0 aromatic heterocycles. The molecular weight excluding hydrogens is 221 g/mol. The third kappa shape index (κ3) is 6.36. The number of hydrogen-bond acceptors (Lipinski definition) is 3. The number of nitrogens with two attached hydrogens (primary N) is 1. The molecule has 0 aliphatic carbocycles. The maximum absolute atomic E-state index is 9.72. The zero-order chi connectivity index (χ0) is 4.99. The second kappa shape index (κ2) is 6.36. The Morgan fingerprint density at radius 1 is 1.86 bits per heavy atom. The Balaban J connectivity index is 0. The van der Waals surface area contributed by atoms with Crippen LogP contribution in [0.3, 0.4) is 0 Å². The molecule has 0 fully saturated rings. The molecule has 0 aromatic rings. The molecule has 0 bridgehead atoms. The van der Waals surface area contributed by atoms with Crippen molar-refractivity contribution in [3.8, 4) is 0 Å². The Bertz CT molecular complexity index is 73.3. The van der Waals surface area contributed by atoms with Gasteiger partial charge in [-0.15, -0.1) is 0 Å². The first-order valence-corrected chi connectivity index (χ1v) is 1.34. The minimum atomic E-state index is -0.616. The van der Waals surface area contributed by atoms with Crippen LogP contribution in [0.1, 0.15) is 0 Å². The summed E-state index contributed by atoms with van der Waals surface area (Å²) in [6.07, 6.45) is 0.986. The van der Waals surface area contributed by atoms with Crippen molar-refractivity contribution in [3.63, 3.8) is 0 Å². The van der Waals surface area contributed by atoms with E-state index in [1.54, 1.807) is 0 Å². The van der Waals surface area contributed by atoms with E-state index in [0.29, 0.717) is 0 Å². The molecule has 0 spiro atoms. The average molecular weight is 226 g/mol. The van der Waals surface area contributed by atoms with Crippen LogP contribution < -0.4 is 5.90 Å². The Hall–Kier alpha value is 0.365. The molecule has 0 saturated heterocycles. The maximum atomic E-state index is 9.72. The number of carbonyl (C=O) groups excluding carboxylic acids is 1. The molecule has 0 aromatic carbocycles. The fraction of sp³-hybridized carbons (Fsp3) is 0. The second-order valence-electron chi connectivity index (χ2n) is 0.641. The van der Waals surface area contributed by atoms with Crippen LogP contribution in [0.2, 0.25) is 0 Å². The van der Waals surface area contributed by atoms with Crippen LogP contribution >= 0.6 is 0 Å². The van der Waals surface area contributed by atoms with Gasteiger partial charge in [0.2, 0.25) is 0 Å². The van der Waals surface area contributed by atoms with Crippen LogP contribution in [-0.4, -0.2) is 5.97 Å². The standard InChI is InChI=1S/C3H5NO2.La/c1-2-3(5)6-4;/h2H,1,4H2;. The van der Waals surface area contributed by atoms with E-state index in [1.165, 1.54) is 0 Å². The van der Waals surface area contributed by atoms with Gasteiger partial charge in [-0.05, 0) is 0 Å². The summed E-state index contributed by atoms with van der Waals surface area (Å²) in [7, 11) is 0. The second-order valence-corrected chi connectivity index (χ2v) is 0.641. The van der Waals surface area contributed by atoms with Gasteiger partial charge in [-0.25, -0.2) is 4.79 Å². The zero-order valence-electron chi connectivity index (χ0n) is 3.76. The van der Waals surface area contributed by atoms with Crippen molar-refractivity contribution in [1.82, 2.24) is 0 Å². The predicted molar refractivity (Wildman–Crippen MR) is 20.5 cm³/mol. The first-order valence-electron chi connectivity index (χ1n) is 1.34. The molecule has 0 unspecified atom stereocenters. The Kier molecular flexibility index (Phi) is 9.43. The normalized spacial score (nSPS) is 5.86. The molecule has 7 heavy (non-hydrogen) atoms. The molecule has 1 radical (unpaired) electrons. The van der Waals surface area contributed by atoms with Gasteiger partial charge < -0.3 is 4.84 Å². The molecule has 0 rings (SSSR count). The summed E-state index contributed by atoms with van der Waals surface area (Å²) >= 11 is 0. The third-order valence-corrected chi connectivity index (χ3v) is 0.283. The van der Waals surface area contributed by atoms with E-state index in [0.717, 1.165) is 6.08 Å². The number of carbonyl (C=O) groups is 1. The van der Waals surface area contributed by atoms with Gasteiger partial charge in [-0.1, -0.05) is 6.58 Å². The van der Waals surface area contributed by atoms with Gasteiger partial charge in [0.1, 0.15) is 0 Å². The van der Waals surface area contributed by atoms with E-state index >= 15 is 0 Å². The van der Waals surface area contributed by atoms with Crippen molar-refractivity contribution >= 4 is 5.97 Å². The van der Waals surface area contributed by atoms with Crippen molar-refractivity contribution in [3.05, 3.63) is 12.7 Å². The van der Waals surface area contributed by atoms with Crippen molar-refractivity contribution in [2.24, 2.45) is 5.90 Å². The van der Waals surface area contributed by atoms with E-state index < -0.39 is 5.97 Å². The quantitative estimate of drug-likeness (QED) is 0.488. The van der Waals surface area contributed by atoms with Gasteiger partial charge in [0.05, 0.1) is 0 Å². The molecular formula is C3H5LaNO2. The average Bonchev–Trinajstić information content (AvgIpc) is 1.65. The van der Waals surface area contributed by atoms with Crippen molar-refractivity contribution in [2.45, 2.75) is 0 Å². The van der Waals surface area contributed by atoms with Gasteiger partial charge in [0, 0.05) is 41.7 Å². The van der Waals surface area contributed by atoms with Gasteiger partial charge >= 0.3 is 5.97 Å². The van der Waals surface area contributed by atoms with Crippen LogP contribution in [0, 0.1) is 35.6 Å². The minimum absolute atomic E-state index is 0. The van der Waals surface area contributed by atoms with Gasteiger partial charge in [-0.3, -0.25) is 0 Å². The van der Waals surface area contributed by atoms with Gasteiger partial charge in [-0.2, -0.15) is 5.90 Å². The molecule has 0 aliphatic heterocycles. The summed E-state index contributed by atoms with van der Waals surface area (Å²) < 4.78 is 0. The molecule has 0 aliphatic rings. The molecule has 2 N–H and O–H groups in total. The van der Waals surface area contributed by atoms with E-state index in [9.17, 15) is 4.79 Å². The summed E-state index contributed by atoms with van der Waals surface area (Å²) in [6, 6.07) is 0. The molecule has 3 nitrogen and oxygen atoms in total. The smallest absolute Gasteiger partial charge is 0.348 e. The molecule has 0 amide bonds. The van der Waals surface area contributed by atoms with E-state index in [1.807, 2.05) is 0 Å². The molecule has 37 valence electrons. The zero-order valence-corrected chi connectivity index (χ0v) is 7.38. The fourth-order valence-electron chi connectivity index (χ4n) is 0.0481. The SMILES string of the molecule is C=CC(=O)ON.[La].